The molecule has 4 saturated carbocycles. The first kappa shape index (κ1) is 24.7. The molecule has 0 heterocycles. The average molecular weight is 513 g/mol. The van der Waals surface area contributed by atoms with Crippen LogP contribution in [0.4, 0.5) is 5.69 Å². The van der Waals surface area contributed by atoms with Crippen LogP contribution in [0.25, 0.3) is 0 Å². The van der Waals surface area contributed by atoms with Crippen molar-refractivity contribution in [2.24, 2.45) is 17.8 Å². The number of nitrogens with zero attached hydrogens (tertiary/aromatic N) is 1. The Morgan fingerprint density at radius 1 is 0.971 bits per heavy atom. The van der Waals surface area contributed by atoms with Crippen molar-refractivity contribution in [2.45, 2.75) is 55.8 Å². The summed E-state index contributed by atoms with van der Waals surface area (Å²) in [6.45, 7) is 2.34. The molecule has 1 amide bonds. The lowest BCUT2D eigenvalue weighted by molar-refractivity contribution is -0.119. The third-order valence-corrected chi connectivity index (χ3v) is 10.4. The highest BCUT2D eigenvalue weighted by Gasteiger charge is 2.51. The zero-order chi connectivity index (χ0) is 24.6. The van der Waals surface area contributed by atoms with Crippen LogP contribution in [-0.2, 0) is 20.2 Å². The first-order valence-electron chi connectivity index (χ1n) is 12.7. The monoisotopic (exact) mass is 512 g/mol. The van der Waals surface area contributed by atoms with Crippen molar-refractivity contribution in [2.75, 3.05) is 29.4 Å². The number of hydrogen-bond donors (Lipinski definition) is 1. The first-order chi connectivity index (χ1) is 16.7. The summed E-state index contributed by atoms with van der Waals surface area (Å²) in [6.07, 6.45) is 9.19. The van der Waals surface area contributed by atoms with Gasteiger partial charge in [0.1, 0.15) is 6.54 Å². The van der Waals surface area contributed by atoms with Crippen molar-refractivity contribution >= 4 is 33.4 Å². The molecule has 2 aromatic rings. The van der Waals surface area contributed by atoms with E-state index in [1.807, 2.05) is 12.1 Å². The van der Waals surface area contributed by atoms with Crippen molar-refractivity contribution in [1.82, 2.24) is 5.32 Å². The van der Waals surface area contributed by atoms with Gasteiger partial charge < -0.3 is 5.32 Å². The number of thioether (sulfide) groups is 1. The maximum atomic E-state index is 12.6. The number of amides is 1. The summed E-state index contributed by atoms with van der Waals surface area (Å²) < 4.78 is 26.3. The molecule has 6 rings (SSSR count). The molecule has 188 valence electrons. The van der Waals surface area contributed by atoms with Crippen LogP contribution < -0.4 is 9.62 Å². The molecular formula is C28H36N2O3S2. The summed E-state index contributed by atoms with van der Waals surface area (Å²) in [5.41, 5.74) is 3.40. The smallest absolute Gasteiger partial charge is 0.240 e. The van der Waals surface area contributed by atoms with Gasteiger partial charge in [0.15, 0.2) is 0 Å². The zero-order valence-corrected chi connectivity index (χ0v) is 22.3. The minimum Gasteiger partial charge on any atom is -0.354 e. The zero-order valence-electron chi connectivity index (χ0n) is 20.7. The van der Waals surface area contributed by atoms with Gasteiger partial charge in [0.2, 0.25) is 15.9 Å². The Morgan fingerprint density at radius 3 is 2.09 bits per heavy atom. The molecule has 0 saturated heterocycles. The number of anilines is 1. The number of carbonyl (C=O) groups is 1. The van der Waals surface area contributed by atoms with Crippen LogP contribution in [0, 0.1) is 24.7 Å². The molecule has 4 aliphatic rings. The van der Waals surface area contributed by atoms with E-state index in [4.69, 9.17) is 0 Å². The van der Waals surface area contributed by atoms with Crippen LogP contribution in [-0.4, -0.2) is 39.4 Å². The SMILES string of the molecule is Cc1ccc(SCCNC(=O)CN(c2ccc(C34CC5CC(CC(C5)C3)C4)cc2)S(C)(=O)=O)cc1. The number of hydrogen-bond acceptors (Lipinski definition) is 4. The maximum absolute atomic E-state index is 12.6. The van der Waals surface area contributed by atoms with E-state index in [0.717, 1.165) is 28.4 Å². The molecule has 0 spiro atoms. The fourth-order valence-electron chi connectivity index (χ4n) is 7.03. The molecule has 0 aromatic heterocycles. The summed E-state index contributed by atoms with van der Waals surface area (Å²) in [5.74, 6) is 3.03. The molecular weight excluding hydrogens is 476 g/mol. The van der Waals surface area contributed by atoms with Gasteiger partial charge in [0.25, 0.3) is 0 Å². The van der Waals surface area contributed by atoms with Crippen LogP contribution in [0.2, 0.25) is 0 Å². The molecule has 4 bridgehead atoms. The van der Waals surface area contributed by atoms with Crippen molar-refractivity contribution in [3.8, 4) is 0 Å². The fourth-order valence-corrected chi connectivity index (χ4v) is 8.65. The summed E-state index contributed by atoms with van der Waals surface area (Å²) in [4.78, 5) is 13.8. The quantitative estimate of drug-likeness (QED) is 0.373. The largest absolute Gasteiger partial charge is 0.354 e. The third-order valence-electron chi connectivity index (χ3n) is 8.21. The highest BCUT2D eigenvalue weighted by molar-refractivity contribution is 7.99. The molecule has 4 aliphatic carbocycles. The molecule has 0 aliphatic heterocycles. The molecule has 35 heavy (non-hydrogen) atoms. The Kier molecular flexibility index (Phi) is 6.92. The molecule has 2 aromatic carbocycles. The molecule has 0 atom stereocenters. The van der Waals surface area contributed by atoms with E-state index in [1.54, 1.807) is 11.8 Å². The van der Waals surface area contributed by atoms with E-state index >= 15 is 0 Å². The minimum atomic E-state index is -3.58. The Labute approximate surface area is 214 Å². The van der Waals surface area contributed by atoms with Crippen molar-refractivity contribution in [1.29, 1.82) is 0 Å². The summed E-state index contributed by atoms with van der Waals surface area (Å²) in [7, 11) is -3.58. The van der Waals surface area contributed by atoms with Crippen LogP contribution in [0.15, 0.2) is 53.4 Å². The molecule has 5 nitrogen and oxygen atoms in total. The Balaban J connectivity index is 1.20. The average Bonchev–Trinajstić information content (AvgIpc) is 2.80. The van der Waals surface area contributed by atoms with E-state index in [9.17, 15) is 13.2 Å². The normalized spacial score (nSPS) is 27.1. The third kappa shape index (κ3) is 5.56. The van der Waals surface area contributed by atoms with E-state index in [2.05, 4.69) is 48.6 Å². The highest BCUT2D eigenvalue weighted by atomic mass is 32.2. The van der Waals surface area contributed by atoms with Crippen molar-refractivity contribution < 1.29 is 13.2 Å². The standard InChI is InChI=1S/C28H36N2O3S2/c1-20-3-9-26(10-4-20)34-12-11-29-27(31)19-30(35(2,32)33)25-7-5-24(6-8-25)28-16-21-13-22(17-28)15-23(14-21)18-28/h3-10,21-23H,11-19H2,1-2H3,(H,29,31). The number of sulfonamides is 1. The summed E-state index contributed by atoms with van der Waals surface area (Å²) in [5, 5.41) is 2.87. The second-order valence-corrected chi connectivity index (χ2v) is 14.1. The predicted molar refractivity (Wildman–Crippen MR) is 143 cm³/mol. The number of carbonyl (C=O) groups excluding carboxylic acids is 1. The predicted octanol–water partition coefficient (Wildman–Crippen LogP) is 5.14. The molecule has 0 radical (unpaired) electrons. The van der Waals surface area contributed by atoms with Crippen LogP contribution in [0.3, 0.4) is 0 Å². The fraction of sp³-hybridized carbons (Fsp3) is 0.536. The molecule has 4 fully saturated rings. The van der Waals surface area contributed by atoms with E-state index in [0.29, 0.717) is 12.2 Å². The van der Waals surface area contributed by atoms with Gasteiger partial charge in [-0.15, -0.1) is 11.8 Å². The number of rotatable bonds is 9. The van der Waals surface area contributed by atoms with E-state index in [-0.39, 0.29) is 17.9 Å². The van der Waals surface area contributed by atoms with Crippen LogP contribution >= 0.6 is 11.8 Å². The number of benzene rings is 2. The van der Waals surface area contributed by atoms with Gasteiger partial charge in [0.05, 0.1) is 11.9 Å². The Bertz CT molecular complexity index is 1120. The van der Waals surface area contributed by atoms with Crippen molar-refractivity contribution in [3.63, 3.8) is 0 Å². The van der Waals surface area contributed by atoms with Gasteiger partial charge in [-0.1, -0.05) is 29.8 Å². The summed E-state index contributed by atoms with van der Waals surface area (Å²) >= 11 is 1.67. The van der Waals surface area contributed by atoms with E-state index < -0.39 is 10.0 Å². The van der Waals surface area contributed by atoms with Gasteiger partial charge in [0, 0.05) is 17.2 Å². The topological polar surface area (TPSA) is 66.5 Å². The molecule has 0 unspecified atom stereocenters. The minimum absolute atomic E-state index is 0.204. The van der Waals surface area contributed by atoms with Crippen LogP contribution in [0.5, 0.6) is 0 Å². The lowest BCUT2D eigenvalue weighted by Crippen LogP contribution is -2.48. The van der Waals surface area contributed by atoms with Crippen LogP contribution in [0.1, 0.15) is 49.7 Å². The Morgan fingerprint density at radius 2 is 1.54 bits per heavy atom. The van der Waals surface area contributed by atoms with Gasteiger partial charge in [-0.05, 0) is 98.4 Å². The second-order valence-electron chi connectivity index (χ2n) is 11.0. The highest BCUT2D eigenvalue weighted by Crippen LogP contribution is 2.60. The molecule has 1 N–H and O–H groups in total. The lowest BCUT2D eigenvalue weighted by Gasteiger charge is -2.57. The first-order valence-corrected chi connectivity index (χ1v) is 15.6. The second kappa shape index (κ2) is 9.81. The van der Waals surface area contributed by atoms with Gasteiger partial charge in [-0.2, -0.15) is 0 Å². The maximum Gasteiger partial charge on any atom is 0.240 e. The number of aryl methyl sites for hydroxylation is 1. The lowest BCUT2D eigenvalue weighted by atomic mass is 9.48. The van der Waals surface area contributed by atoms with Gasteiger partial charge in [-0.3, -0.25) is 9.10 Å². The van der Waals surface area contributed by atoms with E-state index in [1.165, 1.54) is 60.2 Å². The van der Waals surface area contributed by atoms with Gasteiger partial charge >= 0.3 is 0 Å². The summed E-state index contributed by atoms with van der Waals surface area (Å²) in [6, 6.07) is 16.3. The number of nitrogens with one attached hydrogen (secondary N) is 1. The van der Waals surface area contributed by atoms with Crippen molar-refractivity contribution in [3.05, 3.63) is 59.7 Å². The molecule has 7 heteroatoms. The Hall–Kier alpha value is -1.99. The van der Waals surface area contributed by atoms with Gasteiger partial charge in [-0.25, -0.2) is 8.42 Å².